The molecule has 0 radical (unpaired) electrons. The third kappa shape index (κ3) is 11.9. The van der Waals surface area contributed by atoms with Gasteiger partial charge in [0.05, 0.1) is 104 Å². The minimum atomic E-state index is -0.294. The van der Waals surface area contributed by atoms with Crippen LogP contribution in [0, 0.1) is 0 Å². The van der Waals surface area contributed by atoms with E-state index in [2.05, 4.69) is 0 Å². The molecule has 0 bridgehead atoms. The molecular weight excluding hydrogens is 576 g/mol. The summed E-state index contributed by atoms with van der Waals surface area (Å²) in [7, 11) is 3.25. The summed E-state index contributed by atoms with van der Waals surface area (Å²) in [6.07, 6.45) is 0. The van der Waals surface area contributed by atoms with Gasteiger partial charge in [0.2, 0.25) is 0 Å². The van der Waals surface area contributed by atoms with E-state index in [-0.39, 0.29) is 47.0 Å². The zero-order chi connectivity index (χ0) is 31.2. The number of carbonyl (C=O) groups is 2. The lowest BCUT2D eigenvalue weighted by Gasteiger charge is -2.22. The molecule has 0 aromatic heterocycles. The molecule has 3 rings (SSSR count). The van der Waals surface area contributed by atoms with Crippen molar-refractivity contribution in [3.8, 4) is 11.5 Å². The summed E-state index contributed by atoms with van der Waals surface area (Å²) < 4.78 is 54.2. The molecule has 244 valence electrons. The van der Waals surface area contributed by atoms with E-state index in [1.165, 1.54) is 0 Å². The molecule has 44 heavy (non-hydrogen) atoms. The van der Waals surface area contributed by atoms with Crippen LogP contribution in [0.2, 0.25) is 0 Å². The predicted molar refractivity (Wildman–Crippen MR) is 159 cm³/mol. The molecule has 12 nitrogen and oxygen atoms in total. The quantitative estimate of drug-likeness (QED) is 0.123. The Hall–Kier alpha value is -2.94. The largest absolute Gasteiger partial charge is 0.490 e. The lowest BCUT2D eigenvalue weighted by Crippen LogP contribution is -2.23. The van der Waals surface area contributed by atoms with Crippen LogP contribution in [-0.2, 0) is 37.9 Å². The molecule has 1 aliphatic carbocycles. The van der Waals surface area contributed by atoms with Crippen LogP contribution in [0.1, 0.15) is 31.8 Å². The topological polar surface area (TPSA) is 126 Å². The number of methoxy groups -OCH3 is 2. The van der Waals surface area contributed by atoms with Gasteiger partial charge < -0.3 is 47.4 Å². The number of benzene rings is 2. The fraction of sp³-hybridized carbons (Fsp3) is 0.562. The fourth-order valence-electron chi connectivity index (χ4n) is 4.21. The molecule has 2 aromatic rings. The number of carbonyl (C=O) groups excluding carboxylic acids is 2. The monoisotopic (exact) mass is 620 g/mol. The summed E-state index contributed by atoms with van der Waals surface area (Å²) in [5.41, 5.74) is 1.04. The summed E-state index contributed by atoms with van der Waals surface area (Å²) in [6.45, 7) is 6.76. The van der Waals surface area contributed by atoms with Gasteiger partial charge in [-0.25, -0.2) is 0 Å². The standard InChI is InChI=1S/C32H44O12/c1-35-9-11-37-13-15-39-17-19-41-21-23-43-27-7-3-5-25-29(27)31(33)26-6-4-8-28(30(26)32(25)34)44-24-22-42-20-18-40-16-14-38-12-10-36-2/h3-8H,9-24H2,1-2H3. The van der Waals surface area contributed by atoms with Crippen LogP contribution in [-0.4, -0.2) is 131 Å². The van der Waals surface area contributed by atoms with Gasteiger partial charge in [0, 0.05) is 25.3 Å². The van der Waals surface area contributed by atoms with Crippen molar-refractivity contribution in [1.82, 2.24) is 0 Å². The van der Waals surface area contributed by atoms with Gasteiger partial charge in [0.1, 0.15) is 24.7 Å². The average Bonchev–Trinajstić information content (AvgIpc) is 3.04. The minimum absolute atomic E-state index is 0.210. The van der Waals surface area contributed by atoms with E-state index < -0.39 is 0 Å². The second kappa shape index (κ2) is 21.7. The number of fused-ring (bicyclic) bond motifs is 2. The number of hydrogen-bond donors (Lipinski definition) is 0. The first-order valence-corrected chi connectivity index (χ1v) is 14.7. The number of ether oxygens (including phenoxy) is 10. The van der Waals surface area contributed by atoms with Crippen molar-refractivity contribution in [3.05, 3.63) is 58.7 Å². The summed E-state index contributed by atoms with van der Waals surface area (Å²) in [4.78, 5) is 27.0. The third-order valence-electron chi connectivity index (χ3n) is 6.32. The molecule has 0 N–H and O–H groups in total. The van der Waals surface area contributed by atoms with Gasteiger partial charge in [-0.3, -0.25) is 9.59 Å². The Morgan fingerprint density at radius 2 is 0.705 bits per heavy atom. The normalized spacial score (nSPS) is 12.3. The van der Waals surface area contributed by atoms with E-state index in [0.717, 1.165) is 0 Å². The minimum Gasteiger partial charge on any atom is -0.490 e. The Kier molecular flexibility index (Phi) is 17.5. The van der Waals surface area contributed by atoms with Crippen molar-refractivity contribution in [3.63, 3.8) is 0 Å². The highest BCUT2D eigenvalue weighted by Gasteiger charge is 2.34. The molecule has 0 unspecified atom stereocenters. The maximum absolute atomic E-state index is 13.5. The Morgan fingerprint density at radius 3 is 1.02 bits per heavy atom. The van der Waals surface area contributed by atoms with Crippen molar-refractivity contribution in [1.29, 1.82) is 0 Å². The molecule has 0 aliphatic heterocycles. The van der Waals surface area contributed by atoms with Gasteiger partial charge in [-0.15, -0.1) is 0 Å². The first kappa shape index (κ1) is 35.5. The van der Waals surface area contributed by atoms with Gasteiger partial charge in [-0.05, 0) is 12.1 Å². The van der Waals surface area contributed by atoms with Gasteiger partial charge in [0.25, 0.3) is 0 Å². The Balaban J connectivity index is 1.40. The van der Waals surface area contributed by atoms with E-state index in [0.29, 0.717) is 104 Å². The smallest absolute Gasteiger partial charge is 0.198 e. The third-order valence-corrected chi connectivity index (χ3v) is 6.32. The summed E-state index contributed by atoms with van der Waals surface area (Å²) in [5, 5.41) is 0. The SMILES string of the molecule is COCCOCCOCCOCCOc1cccc2c1C(=O)c1cccc(OCCOCCOCCOCCOC)c1C2=O. The molecule has 0 atom stereocenters. The first-order chi connectivity index (χ1) is 21.7. The highest BCUT2D eigenvalue weighted by molar-refractivity contribution is 6.30. The molecule has 0 saturated heterocycles. The maximum atomic E-state index is 13.5. The number of rotatable bonds is 26. The van der Waals surface area contributed by atoms with Crippen LogP contribution in [0.25, 0.3) is 0 Å². The van der Waals surface area contributed by atoms with Crippen molar-refractivity contribution in [2.45, 2.75) is 0 Å². The highest BCUT2D eigenvalue weighted by atomic mass is 16.6. The van der Waals surface area contributed by atoms with Crippen LogP contribution >= 0.6 is 0 Å². The van der Waals surface area contributed by atoms with Gasteiger partial charge in [0.15, 0.2) is 11.6 Å². The van der Waals surface area contributed by atoms with Gasteiger partial charge >= 0.3 is 0 Å². The predicted octanol–water partition coefficient (Wildman–Crippen LogP) is 2.61. The van der Waals surface area contributed by atoms with Crippen LogP contribution in [0.15, 0.2) is 36.4 Å². The zero-order valence-electron chi connectivity index (χ0n) is 25.7. The summed E-state index contributed by atoms with van der Waals surface area (Å²) in [5.74, 6) is 0.0839. The molecule has 0 spiro atoms. The van der Waals surface area contributed by atoms with Crippen molar-refractivity contribution in [2.24, 2.45) is 0 Å². The van der Waals surface area contributed by atoms with E-state index in [4.69, 9.17) is 47.4 Å². The maximum Gasteiger partial charge on any atom is 0.198 e. The molecule has 0 saturated carbocycles. The lowest BCUT2D eigenvalue weighted by atomic mass is 9.83. The molecule has 12 heteroatoms. The molecule has 2 aromatic carbocycles. The van der Waals surface area contributed by atoms with Crippen molar-refractivity contribution < 1.29 is 57.0 Å². The Morgan fingerprint density at radius 1 is 0.409 bits per heavy atom. The average molecular weight is 621 g/mol. The second-order valence-electron chi connectivity index (χ2n) is 9.37. The summed E-state index contributed by atoms with van der Waals surface area (Å²) in [6, 6.07) is 9.99. The Labute approximate surface area is 258 Å². The molecule has 0 heterocycles. The van der Waals surface area contributed by atoms with Crippen LogP contribution < -0.4 is 9.47 Å². The van der Waals surface area contributed by atoms with Gasteiger partial charge in [-0.2, -0.15) is 0 Å². The van der Waals surface area contributed by atoms with E-state index >= 15 is 0 Å². The van der Waals surface area contributed by atoms with E-state index in [9.17, 15) is 9.59 Å². The number of hydrogen-bond acceptors (Lipinski definition) is 12. The summed E-state index contributed by atoms with van der Waals surface area (Å²) >= 11 is 0. The highest BCUT2D eigenvalue weighted by Crippen LogP contribution is 2.37. The molecule has 1 aliphatic rings. The number of ketones is 2. The van der Waals surface area contributed by atoms with Crippen LogP contribution in [0.5, 0.6) is 11.5 Å². The fourth-order valence-corrected chi connectivity index (χ4v) is 4.21. The van der Waals surface area contributed by atoms with E-state index in [1.54, 1.807) is 50.6 Å². The van der Waals surface area contributed by atoms with Crippen LogP contribution in [0.3, 0.4) is 0 Å². The molecule has 0 amide bonds. The second-order valence-corrected chi connectivity index (χ2v) is 9.37. The van der Waals surface area contributed by atoms with E-state index in [1.807, 2.05) is 0 Å². The van der Waals surface area contributed by atoms with Crippen LogP contribution in [0.4, 0.5) is 0 Å². The lowest BCUT2D eigenvalue weighted by molar-refractivity contribution is 0.000116. The molecule has 0 fully saturated rings. The molecular formula is C32H44O12. The van der Waals surface area contributed by atoms with Crippen molar-refractivity contribution in [2.75, 3.05) is 120 Å². The van der Waals surface area contributed by atoms with Gasteiger partial charge in [-0.1, -0.05) is 24.3 Å². The van der Waals surface area contributed by atoms with Crippen molar-refractivity contribution >= 4 is 11.6 Å². The Bertz CT molecular complexity index is 1030. The first-order valence-electron chi connectivity index (χ1n) is 14.7. The zero-order valence-corrected chi connectivity index (χ0v) is 25.7.